The Morgan fingerprint density at radius 3 is 2.76 bits per heavy atom. The Hall–Kier alpha value is -1.70. The highest BCUT2D eigenvalue weighted by molar-refractivity contribution is 6.32. The van der Waals surface area contributed by atoms with Crippen LogP contribution in [0.5, 0.6) is 0 Å². The second-order valence-corrected chi connectivity index (χ2v) is 5.00. The van der Waals surface area contributed by atoms with Gasteiger partial charge >= 0.3 is 0 Å². The maximum absolute atomic E-state index is 11.8. The van der Waals surface area contributed by atoms with Crippen molar-refractivity contribution >= 4 is 23.2 Å². The molecule has 21 heavy (non-hydrogen) atoms. The molecule has 0 aliphatic carbocycles. The number of ether oxygens (including phenoxy) is 1. The highest BCUT2D eigenvalue weighted by Crippen LogP contribution is 2.24. The third-order valence-corrected chi connectivity index (χ3v) is 2.94. The number of likely N-dealkylation sites (N-methyl/N-ethyl adjacent to an activating group) is 1. The van der Waals surface area contributed by atoms with Gasteiger partial charge in [-0.3, -0.25) is 14.9 Å². The molecule has 7 nitrogen and oxygen atoms in total. The third kappa shape index (κ3) is 6.07. The molecule has 0 fully saturated rings. The molecule has 116 valence electrons. The summed E-state index contributed by atoms with van der Waals surface area (Å²) in [5.74, 6) is -0.397. The van der Waals surface area contributed by atoms with Crippen molar-refractivity contribution in [2.24, 2.45) is 0 Å². The standard InChI is InChI=1S/C13H18ClN3O4/c1-16(2)6-8-21-7-5-15-13(18)10-3-4-11(14)12(9-10)17(19)20/h3-4,9H,5-8H2,1-2H3,(H,15,18). The molecule has 0 aliphatic heterocycles. The van der Waals surface area contributed by atoms with Crippen LogP contribution in [0.1, 0.15) is 10.4 Å². The van der Waals surface area contributed by atoms with Gasteiger partial charge in [-0.2, -0.15) is 0 Å². The summed E-state index contributed by atoms with van der Waals surface area (Å²) in [5.41, 5.74) is -0.0917. The van der Waals surface area contributed by atoms with E-state index >= 15 is 0 Å². The van der Waals surface area contributed by atoms with E-state index in [4.69, 9.17) is 16.3 Å². The van der Waals surface area contributed by atoms with E-state index in [0.717, 1.165) is 12.6 Å². The quantitative estimate of drug-likeness (QED) is 0.447. The van der Waals surface area contributed by atoms with Crippen molar-refractivity contribution in [1.82, 2.24) is 10.2 Å². The van der Waals surface area contributed by atoms with E-state index in [1.54, 1.807) is 0 Å². The second-order valence-electron chi connectivity index (χ2n) is 4.59. The number of hydrogen-bond donors (Lipinski definition) is 1. The third-order valence-electron chi connectivity index (χ3n) is 2.62. The number of rotatable bonds is 8. The van der Waals surface area contributed by atoms with Crippen LogP contribution in [0.3, 0.4) is 0 Å². The molecule has 8 heteroatoms. The molecule has 0 saturated carbocycles. The number of hydrogen-bond acceptors (Lipinski definition) is 5. The lowest BCUT2D eigenvalue weighted by atomic mass is 10.2. The molecule has 0 radical (unpaired) electrons. The molecule has 0 atom stereocenters. The van der Waals surface area contributed by atoms with Crippen LogP contribution < -0.4 is 5.32 Å². The first-order chi connectivity index (χ1) is 9.91. The molecule has 1 amide bonds. The lowest BCUT2D eigenvalue weighted by molar-refractivity contribution is -0.384. The van der Waals surface area contributed by atoms with Crippen molar-refractivity contribution in [3.05, 3.63) is 38.9 Å². The van der Waals surface area contributed by atoms with Crippen LogP contribution >= 0.6 is 11.6 Å². The molecule has 0 unspecified atom stereocenters. The molecule has 1 aromatic carbocycles. The first kappa shape index (κ1) is 17.4. The number of carbonyl (C=O) groups is 1. The van der Waals surface area contributed by atoms with Crippen LogP contribution in [-0.4, -0.2) is 56.1 Å². The van der Waals surface area contributed by atoms with E-state index in [1.165, 1.54) is 12.1 Å². The molecule has 0 spiro atoms. The maximum Gasteiger partial charge on any atom is 0.288 e. The van der Waals surface area contributed by atoms with Crippen LogP contribution in [0, 0.1) is 10.1 Å². The molecule has 1 aromatic rings. The van der Waals surface area contributed by atoms with Gasteiger partial charge in [0.2, 0.25) is 0 Å². The molecular formula is C13H18ClN3O4. The molecule has 0 heterocycles. The summed E-state index contributed by atoms with van der Waals surface area (Å²) in [5, 5.41) is 13.4. The Morgan fingerprint density at radius 1 is 1.43 bits per heavy atom. The molecule has 0 bridgehead atoms. The number of nitro benzene ring substituents is 1. The van der Waals surface area contributed by atoms with Crippen molar-refractivity contribution in [2.45, 2.75) is 0 Å². The Balaban J connectivity index is 2.42. The summed E-state index contributed by atoms with van der Waals surface area (Å²) in [6.07, 6.45) is 0. The Bertz CT molecular complexity index is 508. The van der Waals surface area contributed by atoms with Crippen LogP contribution in [0.25, 0.3) is 0 Å². The predicted octanol–water partition coefficient (Wildman–Crippen LogP) is 1.56. The van der Waals surface area contributed by atoms with Crippen LogP contribution in [-0.2, 0) is 4.74 Å². The van der Waals surface area contributed by atoms with E-state index in [0.29, 0.717) is 19.8 Å². The summed E-state index contributed by atoms with van der Waals surface area (Å²) in [4.78, 5) is 24.0. The van der Waals surface area contributed by atoms with Crippen LogP contribution in [0.15, 0.2) is 18.2 Å². The topological polar surface area (TPSA) is 84.7 Å². The van der Waals surface area contributed by atoms with E-state index in [-0.39, 0.29) is 16.3 Å². The van der Waals surface area contributed by atoms with E-state index in [1.807, 2.05) is 19.0 Å². The van der Waals surface area contributed by atoms with Gasteiger partial charge in [0.05, 0.1) is 18.1 Å². The van der Waals surface area contributed by atoms with Gasteiger partial charge < -0.3 is 15.0 Å². The van der Waals surface area contributed by atoms with E-state index in [2.05, 4.69) is 5.32 Å². The fourth-order valence-corrected chi connectivity index (χ4v) is 1.67. The van der Waals surface area contributed by atoms with Gasteiger partial charge in [0.1, 0.15) is 5.02 Å². The number of nitrogens with zero attached hydrogens (tertiary/aromatic N) is 2. The van der Waals surface area contributed by atoms with Gasteiger partial charge in [-0.25, -0.2) is 0 Å². The number of benzene rings is 1. The average Bonchev–Trinajstić information content (AvgIpc) is 2.42. The van der Waals surface area contributed by atoms with Gasteiger partial charge in [-0.05, 0) is 26.2 Å². The Kier molecular flexibility index (Phi) is 7.07. The number of carbonyl (C=O) groups excluding carboxylic acids is 1. The lowest BCUT2D eigenvalue weighted by Gasteiger charge is -2.10. The molecule has 0 aliphatic rings. The molecule has 1 N–H and O–H groups in total. The summed E-state index contributed by atoms with van der Waals surface area (Å²) in [6, 6.07) is 3.93. The molecule has 0 aromatic heterocycles. The zero-order chi connectivity index (χ0) is 15.8. The first-order valence-corrected chi connectivity index (χ1v) is 6.74. The van der Waals surface area contributed by atoms with E-state index < -0.39 is 10.8 Å². The van der Waals surface area contributed by atoms with Crippen molar-refractivity contribution in [2.75, 3.05) is 40.4 Å². The van der Waals surface area contributed by atoms with Gasteiger partial charge in [-0.15, -0.1) is 0 Å². The molecule has 0 saturated heterocycles. The number of nitro groups is 1. The zero-order valence-electron chi connectivity index (χ0n) is 12.0. The normalized spacial score (nSPS) is 10.7. The minimum Gasteiger partial charge on any atom is -0.378 e. The first-order valence-electron chi connectivity index (χ1n) is 6.36. The van der Waals surface area contributed by atoms with Crippen molar-refractivity contribution < 1.29 is 14.5 Å². The minimum absolute atomic E-state index is 0.00330. The summed E-state index contributed by atoms with van der Waals surface area (Å²) < 4.78 is 5.33. The lowest BCUT2D eigenvalue weighted by Crippen LogP contribution is -2.28. The van der Waals surface area contributed by atoms with Gasteiger partial charge in [0.15, 0.2) is 0 Å². The number of amides is 1. The second kappa shape index (κ2) is 8.56. The van der Waals surface area contributed by atoms with Crippen molar-refractivity contribution in [3.63, 3.8) is 0 Å². The molecular weight excluding hydrogens is 298 g/mol. The fraction of sp³-hybridized carbons (Fsp3) is 0.462. The SMILES string of the molecule is CN(C)CCOCCNC(=O)c1ccc(Cl)c([N+](=O)[O-])c1. The average molecular weight is 316 g/mol. The summed E-state index contributed by atoms with van der Waals surface area (Å²) >= 11 is 5.69. The highest BCUT2D eigenvalue weighted by atomic mass is 35.5. The number of nitrogens with one attached hydrogen (secondary N) is 1. The minimum atomic E-state index is -0.622. The highest BCUT2D eigenvalue weighted by Gasteiger charge is 2.15. The smallest absolute Gasteiger partial charge is 0.288 e. The van der Waals surface area contributed by atoms with Crippen molar-refractivity contribution in [1.29, 1.82) is 0 Å². The zero-order valence-corrected chi connectivity index (χ0v) is 12.7. The predicted molar refractivity (Wildman–Crippen MR) is 79.8 cm³/mol. The monoisotopic (exact) mass is 315 g/mol. The largest absolute Gasteiger partial charge is 0.378 e. The summed E-state index contributed by atoms with van der Waals surface area (Å²) in [7, 11) is 3.89. The van der Waals surface area contributed by atoms with Gasteiger partial charge in [-0.1, -0.05) is 11.6 Å². The fourth-order valence-electron chi connectivity index (χ4n) is 1.48. The maximum atomic E-state index is 11.8. The van der Waals surface area contributed by atoms with Crippen LogP contribution in [0.4, 0.5) is 5.69 Å². The van der Waals surface area contributed by atoms with Gasteiger partial charge in [0.25, 0.3) is 11.6 Å². The van der Waals surface area contributed by atoms with E-state index in [9.17, 15) is 14.9 Å². The Morgan fingerprint density at radius 2 is 2.14 bits per heavy atom. The molecule has 1 rings (SSSR count). The number of halogens is 1. The van der Waals surface area contributed by atoms with Crippen molar-refractivity contribution in [3.8, 4) is 0 Å². The van der Waals surface area contributed by atoms with Crippen LogP contribution in [0.2, 0.25) is 5.02 Å². The summed E-state index contributed by atoms with van der Waals surface area (Å²) in [6.45, 7) is 2.10. The Labute approximate surface area is 128 Å². The van der Waals surface area contributed by atoms with Gasteiger partial charge in [0, 0.05) is 24.7 Å².